The highest BCUT2D eigenvalue weighted by Crippen LogP contribution is 2.41. The van der Waals surface area contributed by atoms with Crippen molar-refractivity contribution in [1.82, 2.24) is 0 Å². The van der Waals surface area contributed by atoms with Crippen LogP contribution >= 0.6 is 0 Å². The van der Waals surface area contributed by atoms with Gasteiger partial charge in [-0.1, -0.05) is 56.6 Å². The van der Waals surface area contributed by atoms with Gasteiger partial charge in [-0.2, -0.15) is 0 Å². The number of alkyl halides is 3. The lowest BCUT2D eigenvalue weighted by molar-refractivity contribution is -0.345. The standard InChI is InChI=1S/C21H33F3O/c22-21(23,24)25-20-14-12-19(13-15-20)18-10-8-17(9-11-18)16-6-4-2-1-3-5-7-16/h10,16-17,19-20H,1-9,11-15H2. The molecule has 0 aromatic carbocycles. The second-order valence-electron chi connectivity index (χ2n) is 8.46. The Labute approximate surface area is 150 Å². The van der Waals surface area contributed by atoms with Gasteiger partial charge < -0.3 is 0 Å². The normalized spacial score (nSPS) is 33.4. The van der Waals surface area contributed by atoms with Crippen molar-refractivity contribution < 1.29 is 17.9 Å². The average Bonchev–Trinajstić information content (AvgIpc) is 2.54. The van der Waals surface area contributed by atoms with Crippen molar-refractivity contribution in [2.24, 2.45) is 17.8 Å². The van der Waals surface area contributed by atoms with Crippen LogP contribution in [0.25, 0.3) is 0 Å². The van der Waals surface area contributed by atoms with E-state index in [-0.39, 0.29) is 0 Å². The van der Waals surface area contributed by atoms with Crippen molar-refractivity contribution in [3.8, 4) is 0 Å². The quantitative estimate of drug-likeness (QED) is 0.486. The zero-order valence-electron chi connectivity index (χ0n) is 15.3. The molecule has 2 fully saturated rings. The maximum absolute atomic E-state index is 12.3. The number of hydrogen-bond acceptors (Lipinski definition) is 1. The molecule has 0 radical (unpaired) electrons. The Morgan fingerprint density at radius 3 is 1.96 bits per heavy atom. The molecule has 0 bridgehead atoms. The van der Waals surface area contributed by atoms with Crippen LogP contribution in [0.15, 0.2) is 11.6 Å². The average molecular weight is 358 g/mol. The molecule has 0 heterocycles. The van der Waals surface area contributed by atoms with E-state index in [2.05, 4.69) is 10.8 Å². The molecule has 3 aliphatic carbocycles. The van der Waals surface area contributed by atoms with Gasteiger partial charge in [0.2, 0.25) is 0 Å². The second kappa shape index (κ2) is 8.92. The van der Waals surface area contributed by atoms with E-state index in [1.54, 1.807) is 0 Å². The monoisotopic (exact) mass is 358 g/mol. The van der Waals surface area contributed by atoms with Crippen LogP contribution in [0.5, 0.6) is 0 Å². The third kappa shape index (κ3) is 6.01. The number of hydrogen-bond donors (Lipinski definition) is 0. The molecule has 0 saturated heterocycles. The summed E-state index contributed by atoms with van der Waals surface area (Å²) in [4.78, 5) is 0. The maximum Gasteiger partial charge on any atom is 0.522 e. The van der Waals surface area contributed by atoms with Gasteiger partial charge in [0, 0.05) is 0 Å². The van der Waals surface area contributed by atoms with Crippen LogP contribution in [0.1, 0.15) is 89.9 Å². The topological polar surface area (TPSA) is 9.23 Å². The first-order chi connectivity index (χ1) is 12.0. The molecular formula is C21H33F3O. The zero-order valence-corrected chi connectivity index (χ0v) is 15.3. The predicted molar refractivity (Wildman–Crippen MR) is 94.1 cm³/mol. The van der Waals surface area contributed by atoms with E-state index in [0.29, 0.717) is 18.8 Å². The number of rotatable bonds is 3. The molecule has 3 rings (SSSR count). The van der Waals surface area contributed by atoms with E-state index in [1.165, 1.54) is 69.8 Å². The van der Waals surface area contributed by atoms with Crippen LogP contribution in [-0.4, -0.2) is 12.5 Å². The fourth-order valence-electron chi connectivity index (χ4n) is 5.37. The van der Waals surface area contributed by atoms with Gasteiger partial charge in [0.25, 0.3) is 0 Å². The van der Waals surface area contributed by atoms with Crippen molar-refractivity contribution in [3.63, 3.8) is 0 Å². The molecule has 1 atom stereocenters. The molecule has 0 amide bonds. The molecule has 2 saturated carbocycles. The van der Waals surface area contributed by atoms with Crippen molar-refractivity contribution in [3.05, 3.63) is 11.6 Å². The van der Waals surface area contributed by atoms with Crippen molar-refractivity contribution in [2.75, 3.05) is 0 Å². The van der Waals surface area contributed by atoms with Gasteiger partial charge in [-0.25, -0.2) is 0 Å². The number of halogens is 3. The number of ether oxygens (including phenoxy) is 1. The molecule has 3 aliphatic rings. The Morgan fingerprint density at radius 2 is 1.40 bits per heavy atom. The Morgan fingerprint density at radius 1 is 0.760 bits per heavy atom. The van der Waals surface area contributed by atoms with Gasteiger partial charge in [0.15, 0.2) is 0 Å². The molecule has 0 aliphatic heterocycles. The molecular weight excluding hydrogens is 325 g/mol. The van der Waals surface area contributed by atoms with Crippen LogP contribution in [0.3, 0.4) is 0 Å². The Bertz CT molecular complexity index is 427. The molecule has 0 N–H and O–H groups in total. The lowest BCUT2D eigenvalue weighted by atomic mass is 9.72. The van der Waals surface area contributed by atoms with Crippen LogP contribution in [0, 0.1) is 17.8 Å². The minimum absolute atomic E-state index is 0.506. The first-order valence-electron chi connectivity index (χ1n) is 10.4. The highest BCUT2D eigenvalue weighted by atomic mass is 19.4. The van der Waals surface area contributed by atoms with E-state index < -0.39 is 12.5 Å². The first-order valence-corrected chi connectivity index (χ1v) is 10.4. The Hall–Kier alpha value is -0.510. The van der Waals surface area contributed by atoms with E-state index in [1.807, 2.05) is 0 Å². The lowest BCUT2D eigenvalue weighted by Gasteiger charge is -2.35. The molecule has 0 spiro atoms. The maximum atomic E-state index is 12.3. The van der Waals surface area contributed by atoms with Gasteiger partial charge in [-0.3, -0.25) is 4.74 Å². The van der Waals surface area contributed by atoms with Crippen molar-refractivity contribution >= 4 is 0 Å². The summed E-state index contributed by atoms with van der Waals surface area (Å²) in [6.45, 7) is 0. The predicted octanol–water partition coefficient (Wildman–Crippen LogP) is 7.17. The summed E-state index contributed by atoms with van der Waals surface area (Å²) in [5, 5.41) is 0. The van der Waals surface area contributed by atoms with Gasteiger partial charge in [0.05, 0.1) is 6.10 Å². The van der Waals surface area contributed by atoms with E-state index >= 15 is 0 Å². The Balaban J connectivity index is 1.45. The summed E-state index contributed by atoms with van der Waals surface area (Å²) in [5.41, 5.74) is 1.53. The van der Waals surface area contributed by atoms with Gasteiger partial charge in [-0.05, 0) is 62.7 Å². The summed E-state index contributed by atoms with van der Waals surface area (Å²) in [6.07, 6.45) is 13.7. The molecule has 144 valence electrons. The highest BCUT2D eigenvalue weighted by molar-refractivity contribution is 5.12. The SMILES string of the molecule is FC(F)(F)OC1CCC(C2=CCC(C3CCCCCCC3)CC2)CC1. The van der Waals surface area contributed by atoms with Crippen LogP contribution in [0.2, 0.25) is 0 Å². The second-order valence-corrected chi connectivity index (χ2v) is 8.46. The fourth-order valence-corrected chi connectivity index (χ4v) is 5.37. The molecule has 1 nitrogen and oxygen atoms in total. The van der Waals surface area contributed by atoms with E-state index in [4.69, 9.17) is 0 Å². The minimum Gasteiger partial charge on any atom is -0.289 e. The molecule has 0 aromatic rings. The van der Waals surface area contributed by atoms with Crippen molar-refractivity contribution in [2.45, 2.75) is 102 Å². The zero-order chi connectivity index (χ0) is 17.7. The van der Waals surface area contributed by atoms with Crippen LogP contribution in [-0.2, 0) is 4.74 Å². The number of allylic oxidation sites excluding steroid dienone is 2. The van der Waals surface area contributed by atoms with Gasteiger partial charge in [-0.15, -0.1) is 13.2 Å². The Kier molecular flexibility index (Phi) is 6.87. The lowest BCUT2D eigenvalue weighted by Crippen LogP contribution is -2.29. The van der Waals surface area contributed by atoms with E-state index in [0.717, 1.165) is 24.7 Å². The van der Waals surface area contributed by atoms with Crippen LogP contribution < -0.4 is 0 Å². The summed E-state index contributed by atoms with van der Waals surface area (Å²) < 4.78 is 41.2. The molecule has 25 heavy (non-hydrogen) atoms. The smallest absolute Gasteiger partial charge is 0.289 e. The first kappa shape index (κ1) is 19.3. The van der Waals surface area contributed by atoms with E-state index in [9.17, 15) is 13.2 Å². The van der Waals surface area contributed by atoms with Crippen LogP contribution in [0.4, 0.5) is 13.2 Å². The summed E-state index contributed by atoms with van der Waals surface area (Å²) in [7, 11) is 0. The largest absolute Gasteiger partial charge is 0.522 e. The summed E-state index contributed by atoms with van der Waals surface area (Å²) in [5.74, 6) is 2.27. The molecule has 0 aromatic heterocycles. The fraction of sp³-hybridized carbons (Fsp3) is 0.905. The van der Waals surface area contributed by atoms with Gasteiger partial charge in [0.1, 0.15) is 0 Å². The summed E-state index contributed by atoms with van der Waals surface area (Å²) >= 11 is 0. The van der Waals surface area contributed by atoms with Gasteiger partial charge >= 0.3 is 6.36 Å². The summed E-state index contributed by atoms with van der Waals surface area (Å²) in [6, 6.07) is 0. The van der Waals surface area contributed by atoms with Crippen molar-refractivity contribution in [1.29, 1.82) is 0 Å². The minimum atomic E-state index is -4.48. The molecule has 1 unspecified atom stereocenters. The molecule has 4 heteroatoms. The highest BCUT2D eigenvalue weighted by Gasteiger charge is 2.36. The third-order valence-corrected chi connectivity index (χ3v) is 6.80. The third-order valence-electron chi connectivity index (χ3n) is 6.80.